The largest absolute Gasteiger partial charge is 0.497 e. The molecule has 1 aliphatic rings. The van der Waals surface area contributed by atoms with Gasteiger partial charge < -0.3 is 19.7 Å². The first-order chi connectivity index (χ1) is 10.2. The standard InChI is InChI=1S/C16H24N2O3/c1-13(16(19)18-9-11-21-12-10-18)17-8-7-14-3-5-15(20-2)6-4-14/h3-6,13,17H,7-12H2,1-2H3. The van der Waals surface area contributed by atoms with Crippen LogP contribution in [0.5, 0.6) is 5.75 Å². The van der Waals surface area contributed by atoms with Gasteiger partial charge in [-0.2, -0.15) is 0 Å². The van der Waals surface area contributed by atoms with Gasteiger partial charge in [0.1, 0.15) is 5.75 Å². The summed E-state index contributed by atoms with van der Waals surface area (Å²) in [5.41, 5.74) is 1.23. The van der Waals surface area contributed by atoms with Gasteiger partial charge in [-0.1, -0.05) is 12.1 Å². The Hall–Kier alpha value is -1.59. The molecule has 0 spiro atoms. The summed E-state index contributed by atoms with van der Waals surface area (Å²) in [6.45, 7) is 5.39. The van der Waals surface area contributed by atoms with E-state index in [0.717, 1.165) is 18.7 Å². The average Bonchev–Trinajstić information content (AvgIpc) is 2.55. The molecule has 0 aromatic heterocycles. The summed E-state index contributed by atoms with van der Waals surface area (Å²) in [4.78, 5) is 14.1. The van der Waals surface area contributed by atoms with Crippen molar-refractivity contribution in [1.29, 1.82) is 0 Å². The SMILES string of the molecule is COc1ccc(CCNC(C)C(=O)N2CCOCC2)cc1. The maximum Gasteiger partial charge on any atom is 0.239 e. The van der Waals surface area contributed by atoms with Crippen LogP contribution in [-0.4, -0.2) is 56.8 Å². The van der Waals surface area contributed by atoms with E-state index in [1.165, 1.54) is 5.56 Å². The molecular formula is C16H24N2O3. The van der Waals surface area contributed by atoms with Crippen LogP contribution < -0.4 is 10.1 Å². The highest BCUT2D eigenvalue weighted by atomic mass is 16.5. The van der Waals surface area contributed by atoms with E-state index in [0.29, 0.717) is 26.3 Å². The Kier molecular flexibility index (Phi) is 6.02. The number of hydrogen-bond donors (Lipinski definition) is 1. The van der Waals surface area contributed by atoms with Gasteiger partial charge in [-0.05, 0) is 37.6 Å². The number of ether oxygens (including phenoxy) is 2. The number of nitrogens with zero attached hydrogens (tertiary/aromatic N) is 1. The molecule has 0 radical (unpaired) electrons. The van der Waals surface area contributed by atoms with Crippen molar-refractivity contribution in [2.75, 3.05) is 40.0 Å². The van der Waals surface area contributed by atoms with E-state index in [9.17, 15) is 4.79 Å². The number of carbonyl (C=O) groups excluding carboxylic acids is 1. The molecule has 1 fully saturated rings. The van der Waals surface area contributed by atoms with Gasteiger partial charge in [0.25, 0.3) is 0 Å². The summed E-state index contributed by atoms with van der Waals surface area (Å²) < 4.78 is 10.4. The molecule has 1 atom stereocenters. The number of benzene rings is 1. The van der Waals surface area contributed by atoms with Gasteiger partial charge in [-0.15, -0.1) is 0 Å². The van der Waals surface area contributed by atoms with E-state index in [2.05, 4.69) is 17.4 Å². The Balaban J connectivity index is 1.72. The third-order valence-corrected chi connectivity index (χ3v) is 3.72. The van der Waals surface area contributed by atoms with Crippen molar-refractivity contribution >= 4 is 5.91 Å². The lowest BCUT2D eigenvalue weighted by atomic mass is 10.1. The molecular weight excluding hydrogens is 268 g/mol. The van der Waals surface area contributed by atoms with Gasteiger partial charge in [-0.25, -0.2) is 0 Å². The van der Waals surface area contributed by atoms with Crippen molar-refractivity contribution in [1.82, 2.24) is 10.2 Å². The molecule has 1 N–H and O–H groups in total. The fourth-order valence-electron chi connectivity index (χ4n) is 2.37. The summed E-state index contributed by atoms with van der Waals surface area (Å²) >= 11 is 0. The van der Waals surface area contributed by atoms with Crippen LogP contribution in [0.15, 0.2) is 24.3 Å². The van der Waals surface area contributed by atoms with Crippen LogP contribution in [0.25, 0.3) is 0 Å². The molecule has 1 saturated heterocycles. The molecule has 0 saturated carbocycles. The van der Waals surface area contributed by atoms with E-state index < -0.39 is 0 Å². The lowest BCUT2D eigenvalue weighted by Gasteiger charge is -2.29. The first kappa shape index (κ1) is 15.8. The number of hydrogen-bond acceptors (Lipinski definition) is 4. The number of methoxy groups -OCH3 is 1. The van der Waals surface area contributed by atoms with Crippen molar-refractivity contribution in [2.24, 2.45) is 0 Å². The summed E-state index contributed by atoms with van der Waals surface area (Å²) in [5, 5.41) is 3.29. The maximum atomic E-state index is 12.2. The molecule has 1 amide bonds. The van der Waals surface area contributed by atoms with Crippen LogP contribution in [0.3, 0.4) is 0 Å². The van der Waals surface area contributed by atoms with Gasteiger partial charge in [0.05, 0.1) is 26.4 Å². The van der Waals surface area contributed by atoms with E-state index in [4.69, 9.17) is 9.47 Å². The third-order valence-electron chi connectivity index (χ3n) is 3.72. The molecule has 5 heteroatoms. The molecule has 1 aliphatic heterocycles. The van der Waals surface area contributed by atoms with Crippen LogP contribution in [0, 0.1) is 0 Å². The molecule has 2 rings (SSSR count). The van der Waals surface area contributed by atoms with Gasteiger partial charge in [0.15, 0.2) is 0 Å². The molecule has 1 aromatic rings. The summed E-state index contributed by atoms with van der Waals surface area (Å²) in [5.74, 6) is 1.02. The molecule has 1 heterocycles. The van der Waals surface area contributed by atoms with Gasteiger partial charge in [0.2, 0.25) is 5.91 Å². The van der Waals surface area contributed by atoms with Crippen molar-refractivity contribution < 1.29 is 14.3 Å². The van der Waals surface area contributed by atoms with Crippen LogP contribution in [0.4, 0.5) is 0 Å². The Morgan fingerprint density at radius 1 is 1.33 bits per heavy atom. The molecule has 1 aromatic carbocycles. The molecule has 116 valence electrons. The number of morpholine rings is 1. The molecule has 5 nitrogen and oxygen atoms in total. The molecule has 1 unspecified atom stereocenters. The number of nitrogens with one attached hydrogen (secondary N) is 1. The van der Waals surface area contributed by atoms with Gasteiger partial charge in [-0.3, -0.25) is 4.79 Å². The van der Waals surface area contributed by atoms with Crippen LogP contribution >= 0.6 is 0 Å². The monoisotopic (exact) mass is 292 g/mol. The average molecular weight is 292 g/mol. The summed E-state index contributed by atoms with van der Waals surface area (Å²) in [7, 11) is 1.66. The van der Waals surface area contributed by atoms with Crippen molar-refractivity contribution in [3.63, 3.8) is 0 Å². The predicted molar refractivity (Wildman–Crippen MR) is 81.6 cm³/mol. The number of rotatable bonds is 6. The first-order valence-electron chi connectivity index (χ1n) is 7.43. The minimum Gasteiger partial charge on any atom is -0.497 e. The fraction of sp³-hybridized carbons (Fsp3) is 0.562. The molecule has 0 aliphatic carbocycles. The highest BCUT2D eigenvalue weighted by Gasteiger charge is 2.21. The van der Waals surface area contributed by atoms with E-state index >= 15 is 0 Å². The zero-order valence-corrected chi connectivity index (χ0v) is 12.8. The normalized spacial score (nSPS) is 16.6. The van der Waals surface area contributed by atoms with Crippen LogP contribution in [0.2, 0.25) is 0 Å². The van der Waals surface area contributed by atoms with E-state index in [1.54, 1.807) is 7.11 Å². The summed E-state index contributed by atoms with van der Waals surface area (Å²) in [6, 6.07) is 7.86. The molecule has 0 bridgehead atoms. The highest BCUT2D eigenvalue weighted by molar-refractivity contribution is 5.81. The Labute approximate surface area is 126 Å². The smallest absolute Gasteiger partial charge is 0.239 e. The molecule has 21 heavy (non-hydrogen) atoms. The lowest BCUT2D eigenvalue weighted by Crippen LogP contribution is -2.49. The second kappa shape index (κ2) is 8.00. The van der Waals surface area contributed by atoms with Crippen molar-refractivity contribution in [2.45, 2.75) is 19.4 Å². The van der Waals surface area contributed by atoms with Crippen molar-refractivity contribution in [3.8, 4) is 5.75 Å². The Morgan fingerprint density at radius 3 is 2.62 bits per heavy atom. The van der Waals surface area contributed by atoms with Crippen molar-refractivity contribution in [3.05, 3.63) is 29.8 Å². The first-order valence-corrected chi connectivity index (χ1v) is 7.43. The predicted octanol–water partition coefficient (Wildman–Crippen LogP) is 1.07. The number of carbonyl (C=O) groups is 1. The fourth-order valence-corrected chi connectivity index (χ4v) is 2.37. The second-order valence-corrected chi connectivity index (χ2v) is 5.21. The van der Waals surface area contributed by atoms with Gasteiger partial charge in [0, 0.05) is 13.1 Å². The van der Waals surface area contributed by atoms with Crippen LogP contribution in [0.1, 0.15) is 12.5 Å². The van der Waals surface area contributed by atoms with E-state index in [1.807, 2.05) is 24.0 Å². The third kappa shape index (κ3) is 4.72. The minimum absolute atomic E-state index is 0.152. The zero-order valence-electron chi connectivity index (χ0n) is 12.8. The minimum atomic E-state index is -0.152. The zero-order chi connectivity index (χ0) is 15.1. The lowest BCUT2D eigenvalue weighted by molar-refractivity contribution is -0.137. The maximum absolute atomic E-state index is 12.2. The van der Waals surface area contributed by atoms with Gasteiger partial charge >= 0.3 is 0 Å². The Bertz CT molecular complexity index is 441. The summed E-state index contributed by atoms with van der Waals surface area (Å²) in [6.07, 6.45) is 0.894. The highest BCUT2D eigenvalue weighted by Crippen LogP contribution is 2.11. The second-order valence-electron chi connectivity index (χ2n) is 5.21. The topological polar surface area (TPSA) is 50.8 Å². The quantitative estimate of drug-likeness (QED) is 0.852. The van der Waals surface area contributed by atoms with Crippen LogP contribution in [-0.2, 0) is 16.0 Å². The number of amides is 1. The van der Waals surface area contributed by atoms with E-state index in [-0.39, 0.29) is 11.9 Å². The Morgan fingerprint density at radius 2 is 2.00 bits per heavy atom.